The fourth-order valence-electron chi connectivity index (χ4n) is 5.81. The molecule has 0 atom stereocenters. The van der Waals surface area contributed by atoms with Gasteiger partial charge >= 0.3 is 12.2 Å². The summed E-state index contributed by atoms with van der Waals surface area (Å²) in [5.41, 5.74) is 4.18. The van der Waals surface area contributed by atoms with Crippen molar-refractivity contribution in [3.8, 4) is 11.1 Å². The lowest BCUT2D eigenvalue weighted by atomic mass is 9.90. The molecule has 9 heteroatoms. The molecule has 0 bridgehead atoms. The molecule has 1 spiro atoms. The summed E-state index contributed by atoms with van der Waals surface area (Å²) in [4.78, 5) is 37.0. The standard InChI is InChI=1S/C30H31FN4O2.CO2/c1-21(2)34-19-22(28-25(9-6-10-27(28)34)24-11-14-32-17-26(24)31)18-33-15-12-30(13-16-33)20-35(29(36)37-30)23-7-4-3-5-8-23;2-1-3/h3-11,14,17,19,21H,12-13,15-16,18,20H2,1-2H3;. The zero-order chi connectivity index (χ0) is 28.3. The SMILES string of the molecule is CC(C)n1cc(CN2CCC3(CC2)CN(c2ccccc2)C(=O)O3)c2c(-c3ccncc3F)cccc21.O=C=O. The lowest BCUT2D eigenvalue weighted by Crippen LogP contribution is -2.46. The van der Waals surface area contributed by atoms with Crippen molar-refractivity contribution in [1.82, 2.24) is 14.5 Å². The molecule has 0 saturated carbocycles. The van der Waals surface area contributed by atoms with Crippen LogP contribution in [0.15, 0.2) is 73.2 Å². The Bertz CT molecular complexity index is 1540. The molecule has 2 aliphatic rings. The number of pyridine rings is 1. The van der Waals surface area contributed by atoms with Gasteiger partial charge in [0.25, 0.3) is 0 Å². The number of nitrogens with zero attached hydrogens (tertiary/aromatic N) is 4. The molecule has 206 valence electrons. The van der Waals surface area contributed by atoms with Crippen molar-refractivity contribution in [2.45, 2.75) is 44.9 Å². The van der Waals surface area contributed by atoms with Crippen LogP contribution in [0.4, 0.5) is 14.9 Å². The van der Waals surface area contributed by atoms with Crippen LogP contribution >= 0.6 is 0 Å². The van der Waals surface area contributed by atoms with E-state index in [4.69, 9.17) is 14.3 Å². The van der Waals surface area contributed by atoms with E-state index in [2.05, 4.69) is 40.6 Å². The van der Waals surface area contributed by atoms with Crippen LogP contribution in [0.2, 0.25) is 0 Å². The van der Waals surface area contributed by atoms with Crippen molar-refractivity contribution in [3.05, 3.63) is 84.6 Å². The Balaban J connectivity index is 0.00000103. The van der Waals surface area contributed by atoms with Crippen molar-refractivity contribution >= 4 is 28.8 Å². The van der Waals surface area contributed by atoms with Gasteiger partial charge in [-0.25, -0.2) is 9.18 Å². The minimum Gasteiger partial charge on any atom is -0.441 e. The number of benzene rings is 2. The minimum atomic E-state index is -0.444. The maximum absolute atomic E-state index is 14.8. The number of ether oxygens (including phenoxy) is 1. The van der Waals surface area contributed by atoms with Crippen molar-refractivity contribution in [2.75, 3.05) is 24.5 Å². The molecular formula is C31H31FN4O4. The summed E-state index contributed by atoms with van der Waals surface area (Å²) in [5, 5.41) is 1.09. The van der Waals surface area contributed by atoms with E-state index in [9.17, 15) is 9.18 Å². The van der Waals surface area contributed by atoms with Gasteiger partial charge in [-0.2, -0.15) is 9.59 Å². The zero-order valence-corrected chi connectivity index (χ0v) is 22.5. The first-order valence-electron chi connectivity index (χ1n) is 13.4. The second kappa shape index (κ2) is 11.4. The summed E-state index contributed by atoms with van der Waals surface area (Å²) in [6.45, 7) is 7.33. The highest BCUT2D eigenvalue weighted by Crippen LogP contribution is 2.38. The lowest BCUT2D eigenvalue weighted by molar-refractivity contribution is -0.191. The fraction of sp³-hybridized carbons (Fsp3) is 0.323. The second-order valence-corrected chi connectivity index (χ2v) is 10.5. The number of fused-ring (bicyclic) bond motifs is 1. The molecule has 0 N–H and O–H groups in total. The number of halogens is 1. The molecule has 4 aromatic rings. The Labute approximate surface area is 232 Å². The van der Waals surface area contributed by atoms with Gasteiger partial charge in [-0.15, -0.1) is 0 Å². The van der Waals surface area contributed by atoms with Gasteiger partial charge in [0.1, 0.15) is 11.4 Å². The second-order valence-electron chi connectivity index (χ2n) is 10.5. The zero-order valence-electron chi connectivity index (χ0n) is 22.5. The molecule has 40 heavy (non-hydrogen) atoms. The Kier molecular flexibility index (Phi) is 7.78. The maximum atomic E-state index is 14.8. The third kappa shape index (κ3) is 5.26. The molecule has 0 aliphatic carbocycles. The average molecular weight is 543 g/mol. The summed E-state index contributed by atoms with van der Waals surface area (Å²) < 4.78 is 23.0. The van der Waals surface area contributed by atoms with Gasteiger partial charge in [-0.3, -0.25) is 14.8 Å². The number of para-hydroxylation sites is 1. The predicted octanol–water partition coefficient (Wildman–Crippen LogP) is 5.83. The van der Waals surface area contributed by atoms with E-state index < -0.39 is 5.60 Å². The molecular weight excluding hydrogens is 511 g/mol. The normalized spacial score (nSPS) is 16.6. The highest BCUT2D eigenvalue weighted by atomic mass is 19.1. The Morgan fingerprint density at radius 2 is 1.75 bits per heavy atom. The van der Waals surface area contributed by atoms with Crippen LogP contribution in [0, 0.1) is 5.82 Å². The Hall–Kier alpha value is -4.33. The number of carbonyl (C=O) groups is 1. The molecule has 2 aromatic carbocycles. The third-order valence-corrected chi connectivity index (χ3v) is 7.76. The van der Waals surface area contributed by atoms with E-state index >= 15 is 0 Å². The molecule has 4 heterocycles. The summed E-state index contributed by atoms with van der Waals surface area (Å²) in [6, 6.07) is 17.9. The molecule has 2 fully saturated rings. The minimum absolute atomic E-state index is 0.250. The van der Waals surface area contributed by atoms with Gasteiger partial charge in [-0.1, -0.05) is 30.3 Å². The van der Waals surface area contributed by atoms with Crippen LogP contribution in [-0.2, 0) is 20.9 Å². The summed E-state index contributed by atoms with van der Waals surface area (Å²) >= 11 is 0. The van der Waals surface area contributed by atoms with E-state index in [-0.39, 0.29) is 24.1 Å². The van der Waals surface area contributed by atoms with Gasteiger partial charge in [0.15, 0.2) is 0 Å². The highest BCUT2D eigenvalue weighted by molar-refractivity contribution is 5.98. The van der Waals surface area contributed by atoms with Crippen LogP contribution < -0.4 is 4.90 Å². The van der Waals surface area contributed by atoms with Crippen LogP contribution in [0.25, 0.3) is 22.0 Å². The molecule has 2 aliphatic heterocycles. The van der Waals surface area contributed by atoms with Gasteiger partial charge < -0.3 is 9.30 Å². The number of anilines is 1. The lowest BCUT2D eigenvalue weighted by Gasteiger charge is -2.37. The van der Waals surface area contributed by atoms with Crippen molar-refractivity contribution in [3.63, 3.8) is 0 Å². The number of hydrogen-bond donors (Lipinski definition) is 0. The van der Waals surface area contributed by atoms with Crippen LogP contribution in [0.1, 0.15) is 38.3 Å². The Morgan fingerprint density at radius 3 is 2.42 bits per heavy atom. The van der Waals surface area contributed by atoms with Gasteiger partial charge in [-0.05, 0) is 49.2 Å². The molecule has 2 aromatic heterocycles. The number of hydrogen-bond acceptors (Lipinski definition) is 6. The number of aromatic nitrogens is 2. The van der Waals surface area contributed by atoms with Gasteiger partial charge in [0.2, 0.25) is 0 Å². The molecule has 0 unspecified atom stereocenters. The van der Waals surface area contributed by atoms with Crippen molar-refractivity contribution < 1.29 is 23.5 Å². The average Bonchev–Trinajstić information content (AvgIpc) is 3.49. The number of piperidine rings is 1. The predicted molar refractivity (Wildman–Crippen MR) is 148 cm³/mol. The largest absolute Gasteiger partial charge is 0.441 e. The first kappa shape index (κ1) is 27.2. The first-order valence-corrected chi connectivity index (χ1v) is 13.4. The van der Waals surface area contributed by atoms with Crippen LogP contribution in [0.3, 0.4) is 0 Å². The monoisotopic (exact) mass is 542 g/mol. The van der Waals surface area contributed by atoms with E-state index in [0.29, 0.717) is 12.1 Å². The number of likely N-dealkylation sites (tertiary alicyclic amines) is 1. The van der Waals surface area contributed by atoms with E-state index in [1.54, 1.807) is 17.2 Å². The number of rotatable bonds is 5. The van der Waals surface area contributed by atoms with Crippen LogP contribution in [-0.4, -0.2) is 51.9 Å². The summed E-state index contributed by atoms with van der Waals surface area (Å²) in [5.74, 6) is -0.316. The van der Waals surface area contributed by atoms with Crippen molar-refractivity contribution in [2.24, 2.45) is 0 Å². The maximum Gasteiger partial charge on any atom is 0.415 e. The number of amides is 1. The third-order valence-electron chi connectivity index (χ3n) is 7.76. The quantitative estimate of drug-likeness (QED) is 0.316. The van der Waals surface area contributed by atoms with Gasteiger partial charge in [0, 0.05) is 73.1 Å². The topological polar surface area (TPSA) is 84.7 Å². The molecule has 1 amide bonds. The van der Waals surface area contributed by atoms with Crippen LogP contribution in [0.5, 0.6) is 0 Å². The van der Waals surface area contributed by atoms with E-state index in [0.717, 1.165) is 54.6 Å². The smallest absolute Gasteiger partial charge is 0.415 e. The Morgan fingerprint density at radius 1 is 1.02 bits per heavy atom. The molecule has 8 nitrogen and oxygen atoms in total. The molecule has 0 radical (unpaired) electrons. The molecule has 6 rings (SSSR count). The molecule has 2 saturated heterocycles. The number of carbonyl (C=O) groups excluding carboxylic acids is 3. The van der Waals surface area contributed by atoms with Gasteiger partial charge in [0.05, 0.1) is 12.7 Å². The summed E-state index contributed by atoms with van der Waals surface area (Å²) in [6.07, 6.45) is 6.70. The summed E-state index contributed by atoms with van der Waals surface area (Å²) in [7, 11) is 0. The van der Waals surface area contributed by atoms with E-state index in [1.807, 2.05) is 42.5 Å². The fourth-order valence-corrected chi connectivity index (χ4v) is 5.81. The highest BCUT2D eigenvalue weighted by Gasteiger charge is 2.47. The van der Waals surface area contributed by atoms with Crippen molar-refractivity contribution in [1.29, 1.82) is 0 Å². The van der Waals surface area contributed by atoms with E-state index in [1.165, 1.54) is 11.8 Å². The first-order chi connectivity index (χ1) is 19.4.